The maximum Gasteiger partial charge on any atom is 0.411 e. The molecule has 8 heteroatoms. The number of nitrogens with one attached hydrogen (secondary N) is 1. The number of nitrogens with zero attached hydrogens (tertiary/aromatic N) is 1. The summed E-state index contributed by atoms with van der Waals surface area (Å²) < 4.78 is 40.0. The third-order valence-electron chi connectivity index (χ3n) is 3.30. The summed E-state index contributed by atoms with van der Waals surface area (Å²) in [5.41, 5.74) is 0. The van der Waals surface area contributed by atoms with Gasteiger partial charge in [-0.3, -0.25) is 9.59 Å². The maximum absolute atomic E-state index is 12.1. The molecular formula is C12H17F3N2O3. The first kappa shape index (κ1) is 15.1. The van der Waals surface area contributed by atoms with Gasteiger partial charge in [0.2, 0.25) is 11.8 Å². The Morgan fingerprint density at radius 2 is 2.00 bits per heavy atom. The van der Waals surface area contributed by atoms with Crippen LogP contribution in [0.1, 0.15) is 19.3 Å². The highest BCUT2D eigenvalue weighted by Crippen LogP contribution is 2.34. The molecule has 1 unspecified atom stereocenters. The van der Waals surface area contributed by atoms with E-state index in [2.05, 4.69) is 10.1 Å². The number of halogens is 3. The van der Waals surface area contributed by atoms with E-state index in [0.717, 1.165) is 12.8 Å². The number of hydrogen-bond acceptors (Lipinski definition) is 3. The van der Waals surface area contributed by atoms with Gasteiger partial charge in [-0.05, 0) is 25.2 Å². The highest BCUT2D eigenvalue weighted by Gasteiger charge is 2.42. The monoisotopic (exact) mass is 294 g/mol. The van der Waals surface area contributed by atoms with Crippen LogP contribution in [0, 0.1) is 5.92 Å². The lowest BCUT2D eigenvalue weighted by atomic mass is 10.1. The number of amides is 2. The molecule has 1 saturated carbocycles. The predicted octanol–water partition coefficient (Wildman–Crippen LogP) is 0.692. The molecule has 1 heterocycles. The molecule has 1 aliphatic heterocycles. The van der Waals surface area contributed by atoms with Crippen molar-refractivity contribution in [3.63, 3.8) is 0 Å². The van der Waals surface area contributed by atoms with Gasteiger partial charge in [-0.25, -0.2) is 0 Å². The zero-order chi connectivity index (χ0) is 14.8. The van der Waals surface area contributed by atoms with Crippen LogP contribution in [0.4, 0.5) is 13.2 Å². The van der Waals surface area contributed by atoms with Crippen LogP contribution < -0.4 is 5.32 Å². The summed E-state index contributed by atoms with van der Waals surface area (Å²) in [5, 5.41) is 2.67. The number of carbonyl (C=O) groups excluding carboxylic acids is 2. The molecule has 2 rings (SSSR count). The van der Waals surface area contributed by atoms with Gasteiger partial charge in [0.25, 0.3) is 0 Å². The molecule has 0 spiro atoms. The van der Waals surface area contributed by atoms with E-state index in [-0.39, 0.29) is 43.8 Å². The van der Waals surface area contributed by atoms with Crippen LogP contribution in [-0.2, 0) is 14.3 Å². The van der Waals surface area contributed by atoms with Crippen molar-refractivity contribution in [3.8, 4) is 0 Å². The molecule has 1 atom stereocenters. The molecule has 2 fully saturated rings. The lowest BCUT2D eigenvalue weighted by molar-refractivity contribution is -0.174. The summed E-state index contributed by atoms with van der Waals surface area (Å²) in [6.07, 6.45) is -2.19. The molecule has 1 aliphatic carbocycles. The van der Waals surface area contributed by atoms with E-state index < -0.39 is 18.8 Å². The largest absolute Gasteiger partial charge is 0.411 e. The fourth-order valence-electron chi connectivity index (χ4n) is 2.21. The average Bonchev–Trinajstić information content (AvgIpc) is 3.15. The zero-order valence-corrected chi connectivity index (χ0v) is 10.9. The standard InChI is InChI=1S/C12H17F3N2O3/c13-12(14,15)7-20-5-1-4-17-6-9(18)16-10(11(17)19)8-2-3-8/h8,10H,1-7H2,(H,16,18). The second-order valence-electron chi connectivity index (χ2n) is 5.16. The fraction of sp³-hybridized carbons (Fsp3) is 0.833. The minimum atomic E-state index is -4.34. The van der Waals surface area contributed by atoms with Gasteiger partial charge < -0.3 is 15.0 Å². The normalized spacial score (nSPS) is 23.9. The molecule has 2 amide bonds. The number of piperazine rings is 1. The number of ether oxygens (including phenoxy) is 1. The Balaban J connectivity index is 1.71. The van der Waals surface area contributed by atoms with E-state index in [1.165, 1.54) is 4.90 Å². The van der Waals surface area contributed by atoms with Crippen molar-refractivity contribution in [1.82, 2.24) is 10.2 Å². The van der Waals surface area contributed by atoms with Crippen LogP contribution in [0.25, 0.3) is 0 Å². The summed E-state index contributed by atoms with van der Waals surface area (Å²) in [6.45, 7) is -1.15. The smallest absolute Gasteiger partial charge is 0.372 e. The van der Waals surface area contributed by atoms with E-state index in [1.54, 1.807) is 0 Å². The molecule has 0 bridgehead atoms. The lowest BCUT2D eigenvalue weighted by Crippen LogP contribution is -2.59. The Morgan fingerprint density at radius 3 is 2.60 bits per heavy atom. The number of carbonyl (C=O) groups is 2. The summed E-state index contributed by atoms with van der Waals surface area (Å²) in [4.78, 5) is 25.0. The Bertz CT molecular complexity index is 383. The third-order valence-corrected chi connectivity index (χ3v) is 3.30. The van der Waals surface area contributed by atoms with Gasteiger partial charge in [-0.1, -0.05) is 0 Å². The molecule has 5 nitrogen and oxygen atoms in total. The number of hydrogen-bond donors (Lipinski definition) is 1. The molecule has 1 N–H and O–H groups in total. The summed E-state index contributed by atoms with van der Waals surface area (Å²) in [6, 6.07) is -0.452. The van der Waals surface area contributed by atoms with E-state index in [9.17, 15) is 22.8 Å². The predicted molar refractivity (Wildman–Crippen MR) is 62.7 cm³/mol. The highest BCUT2D eigenvalue weighted by atomic mass is 19.4. The van der Waals surface area contributed by atoms with Gasteiger partial charge in [0.15, 0.2) is 0 Å². The second-order valence-corrected chi connectivity index (χ2v) is 5.16. The highest BCUT2D eigenvalue weighted by molar-refractivity contribution is 5.95. The van der Waals surface area contributed by atoms with Crippen LogP contribution in [0.2, 0.25) is 0 Å². The third kappa shape index (κ3) is 4.36. The minimum Gasteiger partial charge on any atom is -0.372 e. The first-order valence-corrected chi connectivity index (χ1v) is 6.59. The van der Waals surface area contributed by atoms with Crippen LogP contribution in [0.3, 0.4) is 0 Å². The topological polar surface area (TPSA) is 58.6 Å². The van der Waals surface area contributed by atoms with Gasteiger partial charge in [0, 0.05) is 13.2 Å². The van der Waals surface area contributed by atoms with Gasteiger partial charge in [-0.15, -0.1) is 0 Å². The molecule has 0 aromatic heterocycles. The maximum atomic E-state index is 12.1. The van der Waals surface area contributed by atoms with Crippen LogP contribution in [0.15, 0.2) is 0 Å². The lowest BCUT2D eigenvalue weighted by Gasteiger charge is -2.32. The number of rotatable bonds is 6. The Hall–Kier alpha value is -1.31. The van der Waals surface area contributed by atoms with Crippen LogP contribution in [-0.4, -0.2) is 55.2 Å². The van der Waals surface area contributed by atoms with Gasteiger partial charge in [-0.2, -0.15) is 13.2 Å². The SMILES string of the molecule is O=C1CN(CCCOCC(F)(F)F)C(=O)C(C2CC2)N1. The van der Waals surface area contributed by atoms with Gasteiger partial charge in [0.1, 0.15) is 12.6 Å². The zero-order valence-electron chi connectivity index (χ0n) is 10.9. The molecule has 0 aromatic carbocycles. The van der Waals surface area contributed by atoms with Gasteiger partial charge in [0.05, 0.1) is 6.54 Å². The summed E-state index contributed by atoms with van der Waals surface area (Å²) >= 11 is 0. The quantitative estimate of drug-likeness (QED) is 0.733. The van der Waals surface area contributed by atoms with Crippen molar-refractivity contribution in [2.75, 3.05) is 26.3 Å². The molecule has 0 aromatic rings. The molecule has 2 aliphatic rings. The van der Waals surface area contributed by atoms with Crippen LogP contribution >= 0.6 is 0 Å². The molecular weight excluding hydrogens is 277 g/mol. The minimum absolute atomic E-state index is 0.0265. The Kier molecular flexibility index (Phi) is 4.52. The summed E-state index contributed by atoms with van der Waals surface area (Å²) in [7, 11) is 0. The van der Waals surface area contributed by atoms with Gasteiger partial charge >= 0.3 is 6.18 Å². The first-order chi connectivity index (χ1) is 9.37. The average molecular weight is 294 g/mol. The van der Waals surface area contributed by atoms with Crippen LogP contribution in [0.5, 0.6) is 0 Å². The van der Waals surface area contributed by atoms with E-state index in [4.69, 9.17) is 0 Å². The Morgan fingerprint density at radius 1 is 1.30 bits per heavy atom. The number of alkyl halides is 3. The van der Waals surface area contributed by atoms with Crippen molar-refractivity contribution in [2.45, 2.75) is 31.5 Å². The molecule has 1 saturated heterocycles. The summed E-state index contributed by atoms with van der Waals surface area (Å²) in [5.74, 6) is -0.128. The van der Waals surface area contributed by atoms with Crippen molar-refractivity contribution in [3.05, 3.63) is 0 Å². The Labute approximate surface area is 114 Å². The first-order valence-electron chi connectivity index (χ1n) is 6.59. The van der Waals surface area contributed by atoms with E-state index in [1.807, 2.05) is 0 Å². The molecule has 20 heavy (non-hydrogen) atoms. The van der Waals surface area contributed by atoms with Crippen molar-refractivity contribution in [1.29, 1.82) is 0 Å². The van der Waals surface area contributed by atoms with Crippen molar-refractivity contribution in [2.24, 2.45) is 5.92 Å². The molecule has 114 valence electrons. The second kappa shape index (κ2) is 5.99. The van der Waals surface area contributed by atoms with E-state index >= 15 is 0 Å². The van der Waals surface area contributed by atoms with E-state index in [0.29, 0.717) is 0 Å². The van der Waals surface area contributed by atoms with Crippen molar-refractivity contribution < 1.29 is 27.5 Å². The fourth-order valence-corrected chi connectivity index (χ4v) is 2.21. The van der Waals surface area contributed by atoms with Crippen molar-refractivity contribution >= 4 is 11.8 Å². The molecule has 0 radical (unpaired) electrons.